The van der Waals surface area contributed by atoms with Gasteiger partial charge in [0, 0.05) is 6.42 Å². The Morgan fingerprint density at radius 3 is 2.37 bits per heavy atom. The molecule has 0 spiro atoms. The highest BCUT2D eigenvalue weighted by atomic mass is 32.1. The Morgan fingerprint density at radius 2 is 1.79 bits per heavy atom. The number of anilines is 1. The van der Waals surface area contributed by atoms with Gasteiger partial charge in [0.05, 0.1) is 5.69 Å². The summed E-state index contributed by atoms with van der Waals surface area (Å²) in [4.78, 5) is 27.2. The molecule has 2 heterocycles. The molecular weight excluding hydrogens is 260 g/mol. The SMILES string of the molecule is Cc1cc(C)cc(N2C(=O)C3CCC(=O)N3C2=S)c1. The van der Waals surface area contributed by atoms with Crippen molar-refractivity contribution in [2.24, 2.45) is 0 Å². The van der Waals surface area contributed by atoms with E-state index in [-0.39, 0.29) is 17.9 Å². The van der Waals surface area contributed by atoms with Crippen molar-refractivity contribution in [3.05, 3.63) is 29.3 Å². The van der Waals surface area contributed by atoms with Crippen LogP contribution in [-0.4, -0.2) is 27.9 Å². The van der Waals surface area contributed by atoms with Gasteiger partial charge in [-0.3, -0.25) is 19.4 Å². The first kappa shape index (κ1) is 12.3. The molecule has 1 atom stereocenters. The van der Waals surface area contributed by atoms with Crippen LogP contribution >= 0.6 is 12.2 Å². The van der Waals surface area contributed by atoms with E-state index in [0.29, 0.717) is 18.0 Å². The van der Waals surface area contributed by atoms with Crippen LogP contribution in [0.4, 0.5) is 5.69 Å². The molecule has 0 bridgehead atoms. The Labute approximate surface area is 117 Å². The minimum atomic E-state index is -0.388. The van der Waals surface area contributed by atoms with Gasteiger partial charge in [0.2, 0.25) is 5.91 Å². The van der Waals surface area contributed by atoms with Crippen LogP contribution in [0, 0.1) is 13.8 Å². The van der Waals surface area contributed by atoms with Crippen LogP contribution in [0.3, 0.4) is 0 Å². The summed E-state index contributed by atoms with van der Waals surface area (Å²) >= 11 is 5.31. The van der Waals surface area contributed by atoms with E-state index in [9.17, 15) is 9.59 Å². The molecule has 0 aromatic heterocycles. The second-order valence-corrected chi connectivity index (χ2v) is 5.49. The minimum Gasteiger partial charge on any atom is -0.276 e. The Bertz CT molecular complexity index is 591. The van der Waals surface area contributed by atoms with Gasteiger partial charge < -0.3 is 0 Å². The van der Waals surface area contributed by atoms with E-state index in [0.717, 1.165) is 16.8 Å². The van der Waals surface area contributed by atoms with Crippen molar-refractivity contribution in [1.82, 2.24) is 4.90 Å². The molecule has 5 heteroatoms. The Kier molecular flexibility index (Phi) is 2.67. The molecule has 3 rings (SSSR count). The summed E-state index contributed by atoms with van der Waals surface area (Å²) in [5.74, 6) is -0.129. The summed E-state index contributed by atoms with van der Waals surface area (Å²) in [6.45, 7) is 3.96. The third-order valence-electron chi connectivity index (χ3n) is 3.58. The number of carbonyl (C=O) groups excluding carboxylic acids is 2. The quantitative estimate of drug-likeness (QED) is 0.735. The molecular formula is C14H14N2O2S. The van der Waals surface area contributed by atoms with E-state index in [1.54, 1.807) is 0 Å². The van der Waals surface area contributed by atoms with Gasteiger partial charge in [0.25, 0.3) is 5.91 Å². The molecule has 2 aliphatic rings. The highest BCUT2D eigenvalue weighted by Crippen LogP contribution is 2.33. The van der Waals surface area contributed by atoms with Crippen molar-refractivity contribution < 1.29 is 9.59 Å². The van der Waals surface area contributed by atoms with Crippen LogP contribution in [0.25, 0.3) is 0 Å². The van der Waals surface area contributed by atoms with E-state index in [4.69, 9.17) is 12.2 Å². The second kappa shape index (κ2) is 4.13. The van der Waals surface area contributed by atoms with Crippen LogP contribution < -0.4 is 4.90 Å². The number of benzene rings is 1. The summed E-state index contributed by atoms with van der Waals surface area (Å²) in [5.41, 5.74) is 2.91. The summed E-state index contributed by atoms with van der Waals surface area (Å²) in [6, 6.07) is 5.49. The molecule has 0 aliphatic carbocycles. The van der Waals surface area contributed by atoms with E-state index in [1.807, 2.05) is 32.0 Å². The van der Waals surface area contributed by atoms with Crippen molar-refractivity contribution in [3.8, 4) is 0 Å². The molecule has 2 fully saturated rings. The highest BCUT2D eigenvalue weighted by molar-refractivity contribution is 7.80. The maximum atomic E-state index is 12.4. The third-order valence-corrected chi connectivity index (χ3v) is 3.96. The van der Waals surface area contributed by atoms with E-state index in [2.05, 4.69) is 0 Å². The number of carbonyl (C=O) groups is 2. The third kappa shape index (κ3) is 1.76. The number of thiocarbonyl (C=S) groups is 1. The van der Waals surface area contributed by atoms with E-state index < -0.39 is 0 Å². The number of fused-ring (bicyclic) bond motifs is 1. The van der Waals surface area contributed by atoms with E-state index >= 15 is 0 Å². The monoisotopic (exact) mass is 274 g/mol. The molecule has 1 aromatic carbocycles. The number of hydrogen-bond donors (Lipinski definition) is 0. The van der Waals surface area contributed by atoms with Crippen LogP contribution in [-0.2, 0) is 9.59 Å². The molecule has 2 amide bonds. The zero-order valence-corrected chi connectivity index (χ0v) is 11.7. The van der Waals surface area contributed by atoms with Gasteiger partial charge in [-0.1, -0.05) is 6.07 Å². The molecule has 0 saturated carbocycles. The molecule has 0 N–H and O–H groups in total. The number of rotatable bonds is 1. The van der Waals surface area contributed by atoms with Gasteiger partial charge in [0.15, 0.2) is 5.11 Å². The van der Waals surface area contributed by atoms with Crippen molar-refractivity contribution in [2.75, 3.05) is 4.90 Å². The summed E-state index contributed by atoms with van der Waals surface area (Å²) < 4.78 is 0. The first-order valence-electron chi connectivity index (χ1n) is 6.27. The normalized spacial score (nSPS) is 22.4. The fourth-order valence-electron chi connectivity index (χ4n) is 2.83. The molecule has 98 valence electrons. The standard InChI is InChI=1S/C14H14N2O2S/c1-8-5-9(2)7-10(6-8)15-13(18)11-3-4-12(17)16(11)14(15)19/h5-7,11H,3-4H2,1-2H3. The largest absolute Gasteiger partial charge is 0.276 e. The Morgan fingerprint density at radius 1 is 1.16 bits per heavy atom. The number of hydrogen-bond acceptors (Lipinski definition) is 3. The summed E-state index contributed by atoms with van der Waals surface area (Å²) in [6.07, 6.45) is 0.982. The molecule has 0 radical (unpaired) electrons. The smallest absolute Gasteiger partial charge is 0.256 e. The summed E-state index contributed by atoms with van der Waals surface area (Å²) in [5, 5.41) is 0.322. The maximum absolute atomic E-state index is 12.4. The lowest BCUT2D eigenvalue weighted by molar-refractivity contribution is -0.127. The zero-order chi connectivity index (χ0) is 13.7. The van der Waals surface area contributed by atoms with Gasteiger partial charge in [-0.2, -0.15) is 0 Å². The lowest BCUT2D eigenvalue weighted by atomic mass is 10.1. The maximum Gasteiger partial charge on any atom is 0.256 e. The predicted molar refractivity (Wildman–Crippen MR) is 75.9 cm³/mol. The lowest BCUT2D eigenvalue weighted by Crippen LogP contribution is -2.35. The highest BCUT2D eigenvalue weighted by Gasteiger charge is 2.49. The topological polar surface area (TPSA) is 40.6 Å². The van der Waals surface area contributed by atoms with Crippen molar-refractivity contribution in [2.45, 2.75) is 32.7 Å². The average Bonchev–Trinajstić information content (AvgIpc) is 2.80. The van der Waals surface area contributed by atoms with Crippen LogP contribution in [0.1, 0.15) is 24.0 Å². The minimum absolute atomic E-state index is 0.0461. The number of amides is 2. The molecule has 1 aromatic rings. The van der Waals surface area contributed by atoms with Gasteiger partial charge in [-0.15, -0.1) is 0 Å². The van der Waals surface area contributed by atoms with E-state index in [1.165, 1.54) is 9.80 Å². The second-order valence-electron chi connectivity index (χ2n) is 5.12. The number of aryl methyl sites for hydroxylation is 2. The van der Waals surface area contributed by atoms with Crippen molar-refractivity contribution in [1.29, 1.82) is 0 Å². The average molecular weight is 274 g/mol. The molecule has 4 nitrogen and oxygen atoms in total. The van der Waals surface area contributed by atoms with Gasteiger partial charge in [0.1, 0.15) is 6.04 Å². The fraction of sp³-hybridized carbons (Fsp3) is 0.357. The Balaban J connectivity index is 2.04. The van der Waals surface area contributed by atoms with Gasteiger partial charge in [-0.25, -0.2) is 0 Å². The number of nitrogens with zero attached hydrogens (tertiary/aromatic N) is 2. The van der Waals surface area contributed by atoms with Crippen molar-refractivity contribution in [3.63, 3.8) is 0 Å². The summed E-state index contributed by atoms with van der Waals surface area (Å²) in [7, 11) is 0. The fourth-order valence-corrected chi connectivity index (χ4v) is 3.25. The van der Waals surface area contributed by atoms with Crippen LogP contribution in [0.2, 0.25) is 0 Å². The first-order chi connectivity index (χ1) is 8.99. The molecule has 2 aliphatic heterocycles. The molecule has 1 unspecified atom stereocenters. The first-order valence-corrected chi connectivity index (χ1v) is 6.68. The zero-order valence-electron chi connectivity index (χ0n) is 10.8. The Hall–Kier alpha value is -1.75. The van der Waals surface area contributed by atoms with Gasteiger partial charge in [-0.05, 0) is 55.7 Å². The lowest BCUT2D eigenvalue weighted by Gasteiger charge is -2.18. The van der Waals surface area contributed by atoms with Crippen LogP contribution in [0.15, 0.2) is 18.2 Å². The molecule has 2 saturated heterocycles. The van der Waals surface area contributed by atoms with Crippen molar-refractivity contribution >= 4 is 34.8 Å². The molecule has 19 heavy (non-hydrogen) atoms. The predicted octanol–water partition coefficient (Wildman–Crippen LogP) is 1.93. The van der Waals surface area contributed by atoms with Crippen LogP contribution in [0.5, 0.6) is 0 Å². The van der Waals surface area contributed by atoms with Gasteiger partial charge >= 0.3 is 0 Å².